The summed E-state index contributed by atoms with van der Waals surface area (Å²) in [7, 11) is 2.95. The van der Waals surface area contributed by atoms with E-state index in [-0.39, 0.29) is 29.3 Å². The van der Waals surface area contributed by atoms with Crippen LogP contribution >= 0.6 is 0 Å². The number of carbonyl (C=O) groups is 2. The van der Waals surface area contributed by atoms with Gasteiger partial charge in [-0.05, 0) is 64.3 Å². The highest BCUT2D eigenvalue weighted by Gasteiger charge is 2.72. The third-order valence-corrected chi connectivity index (χ3v) is 7.49. The molecular formula is C24H42N2O7. The van der Waals surface area contributed by atoms with E-state index in [1.54, 1.807) is 7.11 Å². The number of rotatable bonds is 12. The van der Waals surface area contributed by atoms with Crippen molar-refractivity contribution in [1.29, 1.82) is 0 Å². The zero-order valence-electron chi connectivity index (χ0n) is 20.8. The Labute approximate surface area is 197 Å². The molecule has 0 radical (unpaired) electrons. The van der Waals surface area contributed by atoms with Crippen molar-refractivity contribution in [2.24, 2.45) is 17.6 Å². The summed E-state index contributed by atoms with van der Waals surface area (Å²) in [5, 5.41) is 2.67. The maximum Gasteiger partial charge on any atom is 0.408 e. The molecule has 2 saturated heterocycles. The van der Waals surface area contributed by atoms with Gasteiger partial charge < -0.3 is 34.7 Å². The number of nitrogens with two attached hydrogens (primary N) is 1. The first-order valence-electron chi connectivity index (χ1n) is 12.3. The van der Waals surface area contributed by atoms with Crippen molar-refractivity contribution >= 4 is 12.1 Å². The molecule has 9 heteroatoms. The second kappa shape index (κ2) is 10.9. The third-order valence-electron chi connectivity index (χ3n) is 7.49. The fraction of sp³-hybridized carbons (Fsp3) is 0.917. The van der Waals surface area contributed by atoms with Crippen LogP contribution in [0.2, 0.25) is 0 Å². The van der Waals surface area contributed by atoms with Gasteiger partial charge in [-0.2, -0.15) is 0 Å². The highest BCUT2D eigenvalue weighted by molar-refractivity contribution is 5.81. The number of ether oxygens (including phenoxy) is 5. The van der Waals surface area contributed by atoms with Gasteiger partial charge >= 0.3 is 12.1 Å². The Kier molecular flexibility index (Phi) is 8.64. The van der Waals surface area contributed by atoms with Gasteiger partial charge in [0.15, 0.2) is 0 Å². The summed E-state index contributed by atoms with van der Waals surface area (Å²) in [5.41, 5.74) is 4.91. The number of unbranched alkanes of at least 4 members (excludes halogenated alkanes) is 1. The van der Waals surface area contributed by atoms with E-state index in [4.69, 9.17) is 29.4 Å². The molecule has 33 heavy (non-hydrogen) atoms. The summed E-state index contributed by atoms with van der Waals surface area (Å²) >= 11 is 0. The number of nitrogens with one attached hydrogen (secondary N) is 1. The first kappa shape index (κ1) is 26.2. The molecule has 2 heterocycles. The molecule has 2 aliphatic heterocycles. The standard InChI is InChI=1S/C24H42N2O7/c1-15(2)9-10-18-23(3,33-18)20-19(29-4)17(11-12-24(20)14-31-24)32-22(28)26-16(21(27)30-5)8-6-7-13-25/h15-20H,6-14,25H2,1-5H3,(H,26,28)/t16?,17?,18-,19?,20?,23-,24+/m1/s1. The lowest BCUT2D eigenvalue weighted by atomic mass is 9.68. The van der Waals surface area contributed by atoms with E-state index in [1.165, 1.54) is 7.11 Å². The topological polar surface area (TPSA) is 125 Å². The van der Waals surface area contributed by atoms with Crippen LogP contribution in [0.3, 0.4) is 0 Å². The van der Waals surface area contributed by atoms with Crippen LogP contribution in [0, 0.1) is 11.8 Å². The van der Waals surface area contributed by atoms with Gasteiger partial charge in [0.25, 0.3) is 0 Å². The number of epoxide rings is 2. The molecule has 3 aliphatic rings. The number of carbonyl (C=O) groups excluding carboxylic acids is 2. The van der Waals surface area contributed by atoms with Gasteiger partial charge in [0, 0.05) is 7.11 Å². The van der Waals surface area contributed by atoms with Crippen molar-refractivity contribution in [3.8, 4) is 0 Å². The molecule has 0 aromatic rings. The summed E-state index contributed by atoms with van der Waals surface area (Å²) < 4.78 is 28.8. The van der Waals surface area contributed by atoms with E-state index in [0.29, 0.717) is 38.3 Å². The van der Waals surface area contributed by atoms with Crippen molar-refractivity contribution in [1.82, 2.24) is 5.32 Å². The average Bonchev–Trinajstić information content (AvgIpc) is 3.69. The molecular weight excluding hydrogens is 428 g/mol. The minimum atomic E-state index is -0.766. The SMILES string of the molecule is COC(=O)C(CCCCN)NC(=O)OC1CC[C@]2(CO2)C([C@]2(C)O[C@@H]2CCC(C)C)C1OC. The second-order valence-corrected chi connectivity index (χ2v) is 10.3. The zero-order valence-corrected chi connectivity index (χ0v) is 20.8. The molecule has 0 bridgehead atoms. The number of alkyl carbamates (subject to hydrolysis) is 1. The van der Waals surface area contributed by atoms with Crippen molar-refractivity contribution in [2.45, 2.75) is 101 Å². The predicted molar refractivity (Wildman–Crippen MR) is 122 cm³/mol. The van der Waals surface area contributed by atoms with E-state index in [2.05, 4.69) is 26.1 Å². The lowest BCUT2D eigenvalue weighted by Gasteiger charge is -2.42. The van der Waals surface area contributed by atoms with Gasteiger partial charge in [-0.3, -0.25) is 0 Å². The van der Waals surface area contributed by atoms with Crippen LogP contribution in [-0.4, -0.2) is 75.0 Å². The molecule has 0 aromatic carbocycles. The Morgan fingerprint density at radius 3 is 2.52 bits per heavy atom. The summed E-state index contributed by atoms with van der Waals surface area (Å²) in [4.78, 5) is 24.8. The maximum atomic E-state index is 12.7. The minimum Gasteiger partial charge on any atom is -0.467 e. The van der Waals surface area contributed by atoms with Crippen LogP contribution in [0.5, 0.6) is 0 Å². The Morgan fingerprint density at radius 1 is 1.21 bits per heavy atom. The minimum absolute atomic E-state index is 0.0281. The van der Waals surface area contributed by atoms with Crippen molar-refractivity contribution in [3.63, 3.8) is 0 Å². The highest BCUT2D eigenvalue weighted by Crippen LogP contribution is 2.59. The van der Waals surface area contributed by atoms with Crippen LogP contribution in [0.25, 0.3) is 0 Å². The molecule has 4 unspecified atom stereocenters. The quantitative estimate of drug-likeness (QED) is 0.253. The normalized spacial score (nSPS) is 35.8. The lowest BCUT2D eigenvalue weighted by Crippen LogP contribution is -2.56. The average molecular weight is 471 g/mol. The number of hydrogen-bond donors (Lipinski definition) is 2. The molecule has 7 atom stereocenters. The van der Waals surface area contributed by atoms with E-state index >= 15 is 0 Å². The second-order valence-electron chi connectivity index (χ2n) is 10.3. The first-order valence-corrected chi connectivity index (χ1v) is 12.3. The maximum absolute atomic E-state index is 12.7. The Hall–Kier alpha value is -1.42. The van der Waals surface area contributed by atoms with E-state index in [0.717, 1.165) is 25.7 Å². The smallest absolute Gasteiger partial charge is 0.408 e. The van der Waals surface area contributed by atoms with Crippen molar-refractivity contribution in [3.05, 3.63) is 0 Å². The van der Waals surface area contributed by atoms with Crippen molar-refractivity contribution in [2.75, 3.05) is 27.4 Å². The molecule has 0 aromatic heterocycles. The molecule has 3 rings (SSSR count). The van der Waals surface area contributed by atoms with Crippen molar-refractivity contribution < 1.29 is 33.3 Å². The largest absolute Gasteiger partial charge is 0.467 e. The molecule has 1 aliphatic carbocycles. The van der Waals surface area contributed by atoms with Gasteiger partial charge in [0.2, 0.25) is 0 Å². The molecule has 190 valence electrons. The van der Waals surface area contributed by atoms with Crippen LogP contribution in [0.15, 0.2) is 0 Å². The number of esters is 1. The Balaban J connectivity index is 1.64. The number of methoxy groups -OCH3 is 2. The summed E-state index contributed by atoms with van der Waals surface area (Å²) in [6.07, 6.45) is 4.12. The summed E-state index contributed by atoms with van der Waals surface area (Å²) in [5.74, 6) is 0.0900. The first-order chi connectivity index (χ1) is 15.7. The van der Waals surface area contributed by atoms with E-state index in [9.17, 15) is 9.59 Å². The van der Waals surface area contributed by atoms with E-state index < -0.39 is 24.2 Å². The predicted octanol–water partition coefficient (Wildman–Crippen LogP) is 2.54. The highest BCUT2D eigenvalue weighted by atomic mass is 16.6. The van der Waals surface area contributed by atoms with Crippen LogP contribution in [0.1, 0.15) is 65.7 Å². The van der Waals surface area contributed by atoms with Gasteiger partial charge in [-0.15, -0.1) is 0 Å². The van der Waals surface area contributed by atoms with Crippen LogP contribution in [0.4, 0.5) is 4.79 Å². The molecule has 3 fully saturated rings. The Bertz CT molecular complexity index is 684. The molecule has 3 N–H and O–H groups in total. The summed E-state index contributed by atoms with van der Waals surface area (Å²) in [6, 6.07) is -0.766. The third kappa shape index (κ3) is 5.99. The van der Waals surface area contributed by atoms with Gasteiger partial charge in [0.05, 0.1) is 25.7 Å². The van der Waals surface area contributed by atoms with Gasteiger partial charge in [-0.25, -0.2) is 9.59 Å². The molecule has 1 amide bonds. The van der Waals surface area contributed by atoms with E-state index in [1.807, 2.05) is 0 Å². The monoisotopic (exact) mass is 470 g/mol. The van der Waals surface area contributed by atoms with Gasteiger partial charge in [-0.1, -0.05) is 13.8 Å². The molecule has 9 nitrogen and oxygen atoms in total. The zero-order chi connectivity index (χ0) is 24.2. The fourth-order valence-corrected chi connectivity index (χ4v) is 5.47. The lowest BCUT2D eigenvalue weighted by molar-refractivity contribution is -0.143. The van der Waals surface area contributed by atoms with Crippen LogP contribution in [-0.2, 0) is 28.5 Å². The number of amides is 1. The molecule has 1 saturated carbocycles. The summed E-state index contributed by atoms with van der Waals surface area (Å²) in [6.45, 7) is 7.76. The Morgan fingerprint density at radius 2 is 1.94 bits per heavy atom. The number of hydrogen-bond acceptors (Lipinski definition) is 8. The fourth-order valence-electron chi connectivity index (χ4n) is 5.47. The van der Waals surface area contributed by atoms with Gasteiger partial charge in [0.1, 0.15) is 29.5 Å². The van der Waals surface area contributed by atoms with Crippen LogP contribution < -0.4 is 11.1 Å². The molecule has 1 spiro atoms.